The minimum absolute atomic E-state index is 0.239. The third kappa shape index (κ3) is 5.17. The molecule has 0 spiro atoms. The van der Waals surface area contributed by atoms with Crippen LogP contribution in [-0.2, 0) is 9.84 Å². The van der Waals surface area contributed by atoms with Crippen LogP contribution in [0, 0.1) is 17.8 Å². The maximum atomic E-state index is 11.6. The molecule has 2 aromatic rings. The summed E-state index contributed by atoms with van der Waals surface area (Å²) in [5.74, 6) is 3.34. The van der Waals surface area contributed by atoms with Crippen molar-refractivity contribution in [3.8, 4) is 5.88 Å². The standard InChI is InChI=1S/C20H25ClN4O3S/c1-29(26,27)17-2-6-22-19(11-17)28-9-5-15-10-18(15)14-3-7-25(8-4-14)20-23-12-16(21)13-24-20/h2,6,11-15,18H,3-5,7-10H2,1H3/t15-,18?/m1/s1. The predicted octanol–water partition coefficient (Wildman–Crippen LogP) is 3.25. The number of halogens is 1. The zero-order valence-electron chi connectivity index (χ0n) is 16.4. The van der Waals surface area contributed by atoms with Crippen LogP contribution in [0.4, 0.5) is 5.95 Å². The second kappa shape index (κ2) is 8.44. The first-order valence-corrected chi connectivity index (χ1v) is 12.2. The van der Waals surface area contributed by atoms with E-state index in [9.17, 15) is 8.42 Å². The number of aromatic nitrogens is 3. The highest BCUT2D eigenvalue weighted by molar-refractivity contribution is 7.90. The summed E-state index contributed by atoms with van der Waals surface area (Å²) >= 11 is 5.86. The third-order valence-corrected chi connectivity index (χ3v) is 7.19. The summed E-state index contributed by atoms with van der Waals surface area (Å²) in [4.78, 5) is 15.2. The molecule has 0 bridgehead atoms. The van der Waals surface area contributed by atoms with Gasteiger partial charge >= 0.3 is 0 Å². The van der Waals surface area contributed by atoms with Crippen LogP contribution < -0.4 is 9.64 Å². The molecule has 1 saturated heterocycles. The highest BCUT2D eigenvalue weighted by Crippen LogP contribution is 2.49. The molecule has 2 aromatic heterocycles. The number of anilines is 1. The van der Waals surface area contributed by atoms with Crippen molar-refractivity contribution in [3.05, 3.63) is 35.7 Å². The average molecular weight is 437 g/mol. The number of piperidine rings is 1. The van der Waals surface area contributed by atoms with Crippen LogP contribution >= 0.6 is 11.6 Å². The zero-order chi connectivity index (χ0) is 20.4. The van der Waals surface area contributed by atoms with E-state index in [0.717, 1.165) is 50.1 Å². The van der Waals surface area contributed by atoms with Crippen LogP contribution in [0.15, 0.2) is 35.6 Å². The first-order valence-electron chi connectivity index (χ1n) is 9.91. The van der Waals surface area contributed by atoms with Crippen LogP contribution in [0.3, 0.4) is 0 Å². The van der Waals surface area contributed by atoms with Gasteiger partial charge in [-0.1, -0.05) is 11.6 Å². The Labute approximate surface area is 176 Å². The van der Waals surface area contributed by atoms with Crippen molar-refractivity contribution in [3.63, 3.8) is 0 Å². The van der Waals surface area contributed by atoms with Gasteiger partial charge in [-0.05, 0) is 49.5 Å². The van der Waals surface area contributed by atoms with Gasteiger partial charge in [0.15, 0.2) is 9.84 Å². The van der Waals surface area contributed by atoms with Gasteiger partial charge in [-0.3, -0.25) is 0 Å². The second-order valence-electron chi connectivity index (χ2n) is 7.92. The summed E-state index contributed by atoms with van der Waals surface area (Å²) < 4.78 is 28.9. The lowest BCUT2D eigenvalue weighted by atomic mass is 9.90. The molecule has 7 nitrogen and oxygen atoms in total. The van der Waals surface area contributed by atoms with E-state index < -0.39 is 9.84 Å². The molecule has 4 rings (SSSR count). The smallest absolute Gasteiger partial charge is 0.225 e. The molecule has 3 heterocycles. The van der Waals surface area contributed by atoms with E-state index in [4.69, 9.17) is 16.3 Å². The quantitative estimate of drug-likeness (QED) is 0.658. The van der Waals surface area contributed by atoms with Gasteiger partial charge in [0.25, 0.3) is 0 Å². The maximum Gasteiger partial charge on any atom is 0.225 e. The van der Waals surface area contributed by atoms with Gasteiger partial charge in [-0.15, -0.1) is 0 Å². The van der Waals surface area contributed by atoms with Crippen molar-refractivity contribution in [1.82, 2.24) is 15.0 Å². The van der Waals surface area contributed by atoms with Gasteiger partial charge in [0.1, 0.15) is 0 Å². The molecule has 1 unspecified atom stereocenters. The van der Waals surface area contributed by atoms with E-state index in [2.05, 4.69) is 19.9 Å². The number of ether oxygens (including phenoxy) is 1. The normalized spacial score (nSPS) is 22.5. The molecule has 1 saturated carbocycles. The Balaban J connectivity index is 1.20. The van der Waals surface area contributed by atoms with Gasteiger partial charge in [0.2, 0.25) is 11.8 Å². The van der Waals surface area contributed by atoms with Gasteiger partial charge in [0, 0.05) is 31.6 Å². The van der Waals surface area contributed by atoms with Gasteiger partial charge in [-0.25, -0.2) is 23.4 Å². The van der Waals surface area contributed by atoms with E-state index in [0.29, 0.717) is 23.4 Å². The Kier molecular flexibility index (Phi) is 5.92. The molecule has 1 aliphatic heterocycles. The fourth-order valence-electron chi connectivity index (χ4n) is 4.19. The molecule has 1 aliphatic carbocycles. The minimum atomic E-state index is -3.24. The van der Waals surface area contributed by atoms with E-state index in [1.54, 1.807) is 12.4 Å². The fraction of sp³-hybridized carbons (Fsp3) is 0.550. The topological polar surface area (TPSA) is 85.3 Å². The molecule has 0 amide bonds. The minimum Gasteiger partial charge on any atom is -0.478 e. The van der Waals surface area contributed by atoms with Crippen molar-refractivity contribution < 1.29 is 13.2 Å². The molecule has 0 radical (unpaired) electrons. The van der Waals surface area contributed by atoms with Crippen LogP contribution in [0.25, 0.3) is 0 Å². The van der Waals surface area contributed by atoms with Crippen LogP contribution in [-0.4, -0.2) is 49.3 Å². The second-order valence-corrected chi connectivity index (χ2v) is 10.4. The highest BCUT2D eigenvalue weighted by atomic mass is 35.5. The number of hydrogen-bond donors (Lipinski definition) is 0. The largest absolute Gasteiger partial charge is 0.478 e. The molecule has 2 fully saturated rings. The number of pyridine rings is 1. The summed E-state index contributed by atoms with van der Waals surface area (Å²) in [5.41, 5.74) is 0. The molecule has 2 aliphatic rings. The first-order chi connectivity index (χ1) is 13.9. The molecule has 156 valence electrons. The lowest BCUT2D eigenvalue weighted by Crippen LogP contribution is -2.35. The van der Waals surface area contributed by atoms with Crippen molar-refractivity contribution >= 4 is 27.4 Å². The Morgan fingerprint density at radius 1 is 1.21 bits per heavy atom. The third-order valence-electron chi connectivity index (χ3n) is 5.88. The summed E-state index contributed by atoms with van der Waals surface area (Å²) in [6, 6.07) is 2.98. The molecule has 9 heteroatoms. The summed E-state index contributed by atoms with van der Waals surface area (Å²) in [6.07, 6.45) is 10.5. The highest BCUT2D eigenvalue weighted by Gasteiger charge is 2.43. The number of nitrogens with zero attached hydrogens (tertiary/aromatic N) is 4. The Morgan fingerprint density at radius 3 is 2.62 bits per heavy atom. The summed E-state index contributed by atoms with van der Waals surface area (Å²) in [6.45, 7) is 2.53. The van der Waals surface area contributed by atoms with Crippen LogP contribution in [0.2, 0.25) is 5.02 Å². The summed E-state index contributed by atoms with van der Waals surface area (Å²) in [7, 11) is -3.24. The van der Waals surface area contributed by atoms with Crippen molar-refractivity contribution in [2.24, 2.45) is 17.8 Å². The lowest BCUT2D eigenvalue weighted by Gasteiger charge is -2.32. The van der Waals surface area contributed by atoms with E-state index in [1.807, 2.05) is 0 Å². The van der Waals surface area contributed by atoms with Gasteiger partial charge < -0.3 is 9.64 Å². The van der Waals surface area contributed by atoms with Gasteiger partial charge in [0.05, 0.1) is 28.9 Å². The molecular weight excluding hydrogens is 412 g/mol. The first kappa shape index (κ1) is 20.3. The Bertz CT molecular complexity index is 946. The lowest BCUT2D eigenvalue weighted by molar-refractivity contribution is 0.275. The Hall–Kier alpha value is -1.93. The molecule has 2 atom stereocenters. The SMILES string of the molecule is CS(=O)(=O)c1ccnc(OCC[C@@H]2CC2C2CCN(c3ncc(Cl)cn3)CC2)c1. The molecule has 0 N–H and O–H groups in total. The van der Waals surface area contributed by atoms with Crippen LogP contribution in [0.1, 0.15) is 25.7 Å². The monoisotopic (exact) mass is 436 g/mol. The maximum absolute atomic E-state index is 11.6. The molecule has 0 aromatic carbocycles. The average Bonchev–Trinajstić information content (AvgIpc) is 3.48. The van der Waals surface area contributed by atoms with Crippen molar-refractivity contribution in [2.45, 2.75) is 30.6 Å². The molecular formula is C20H25ClN4O3S. The van der Waals surface area contributed by atoms with Crippen molar-refractivity contribution in [1.29, 1.82) is 0 Å². The Morgan fingerprint density at radius 2 is 1.93 bits per heavy atom. The molecule has 29 heavy (non-hydrogen) atoms. The van der Waals surface area contributed by atoms with E-state index in [-0.39, 0.29) is 4.90 Å². The number of rotatable bonds is 7. The van der Waals surface area contributed by atoms with Crippen molar-refractivity contribution in [2.75, 3.05) is 30.9 Å². The predicted molar refractivity (Wildman–Crippen MR) is 111 cm³/mol. The number of sulfone groups is 1. The summed E-state index contributed by atoms with van der Waals surface area (Å²) in [5, 5.41) is 0.560. The zero-order valence-corrected chi connectivity index (χ0v) is 17.9. The van der Waals surface area contributed by atoms with Crippen LogP contribution in [0.5, 0.6) is 5.88 Å². The van der Waals surface area contributed by atoms with E-state index in [1.165, 1.54) is 31.0 Å². The van der Waals surface area contributed by atoms with Gasteiger partial charge in [-0.2, -0.15) is 0 Å². The fourth-order valence-corrected chi connectivity index (χ4v) is 4.91. The van der Waals surface area contributed by atoms with E-state index >= 15 is 0 Å². The number of hydrogen-bond acceptors (Lipinski definition) is 7.